The van der Waals surface area contributed by atoms with Gasteiger partial charge in [-0.1, -0.05) is 31.4 Å². The lowest BCUT2D eigenvalue weighted by atomic mass is 9.70. The summed E-state index contributed by atoms with van der Waals surface area (Å²) >= 11 is 0. The summed E-state index contributed by atoms with van der Waals surface area (Å²) in [6.45, 7) is 3.72. The van der Waals surface area contributed by atoms with Gasteiger partial charge in [0.1, 0.15) is 5.69 Å². The molecule has 2 N–H and O–H groups in total. The summed E-state index contributed by atoms with van der Waals surface area (Å²) in [6, 6.07) is 6.71. The quantitative estimate of drug-likeness (QED) is 0.901. The Morgan fingerprint density at radius 1 is 1.04 bits per heavy atom. The van der Waals surface area contributed by atoms with Gasteiger partial charge >= 0.3 is 0 Å². The molecule has 0 aliphatic heterocycles. The molecule has 0 saturated heterocycles. The second-order valence-electron chi connectivity index (χ2n) is 7.67. The van der Waals surface area contributed by atoms with Crippen LogP contribution in [0, 0.1) is 13.8 Å². The lowest BCUT2D eigenvalue weighted by Gasteiger charge is -2.34. The normalized spacial score (nSPS) is 18.3. The first kappa shape index (κ1) is 16.2. The highest BCUT2D eigenvalue weighted by Crippen LogP contribution is 2.49. The monoisotopic (exact) mass is 335 g/mol. The minimum absolute atomic E-state index is 0.268. The molecule has 4 nitrogen and oxygen atoms in total. The van der Waals surface area contributed by atoms with Crippen molar-refractivity contribution in [1.82, 2.24) is 9.97 Å². The van der Waals surface area contributed by atoms with Crippen molar-refractivity contribution in [1.29, 1.82) is 0 Å². The summed E-state index contributed by atoms with van der Waals surface area (Å²) in [4.78, 5) is 20.6. The SMILES string of the molecule is Cc1nc(C)c(-c2ccc3c(c2)CCC32CCCCC2)nc1C(N)=O. The van der Waals surface area contributed by atoms with E-state index in [9.17, 15) is 4.79 Å². The summed E-state index contributed by atoms with van der Waals surface area (Å²) in [5, 5.41) is 0. The molecule has 1 heterocycles. The number of hydrogen-bond acceptors (Lipinski definition) is 3. The molecule has 2 aromatic rings. The maximum absolute atomic E-state index is 11.6. The summed E-state index contributed by atoms with van der Waals surface area (Å²) in [5.41, 5.74) is 12.4. The van der Waals surface area contributed by atoms with Gasteiger partial charge in [0.25, 0.3) is 5.91 Å². The van der Waals surface area contributed by atoms with Crippen molar-refractivity contribution in [2.24, 2.45) is 5.73 Å². The van der Waals surface area contributed by atoms with Gasteiger partial charge in [-0.05, 0) is 62.1 Å². The second-order valence-corrected chi connectivity index (χ2v) is 7.67. The zero-order valence-corrected chi connectivity index (χ0v) is 15.1. The Kier molecular flexibility index (Phi) is 3.86. The first-order valence-corrected chi connectivity index (χ1v) is 9.29. The van der Waals surface area contributed by atoms with E-state index in [1.54, 1.807) is 12.5 Å². The van der Waals surface area contributed by atoms with Crippen molar-refractivity contribution in [2.45, 2.75) is 64.2 Å². The minimum Gasteiger partial charge on any atom is -0.364 e. The van der Waals surface area contributed by atoms with Crippen LogP contribution in [0.2, 0.25) is 0 Å². The number of carbonyl (C=O) groups excluding carboxylic acids is 1. The number of aromatic nitrogens is 2. The third-order valence-electron chi connectivity index (χ3n) is 6.11. The predicted octanol–water partition coefficient (Wildman–Crippen LogP) is 4.01. The number of fused-ring (bicyclic) bond motifs is 2. The van der Waals surface area contributed by atoms with Crippen LogP contribution in [0.5, 0.6) is 0 Å². The van der Waals surface area contributed by atoms with Crippen LogP contribution in [0.1, 0.15) is 71.5 Å². The molecular formula is C21H25N3O. The van der Waals surface area contributed by atoms with Crippen LogP contribution in [0.25, 0.3) is 11.3 Å². The fourth-order valence-electron chi connectivity index (χ4n) is 4.86. The highest BCUT2D eigenvalue weighted by molar-refractivity contribution is 5.92. The molecule has 25 heavy (non-hydrogen) atoms. The first-order valence-electron chi connectivity index (χ1n) is 9.29. The molecule has 1 fully saturated rings. The summed E-state index contributed by atoms with van der Waals surface area (Å²) < 4.78 is 0. The lowest BCUT2D eigenvalue weighted by molar-refractivity contribution is 0.0994. The molecule has 0 unspecified atom stereocenters. The van der Waals surface area contributed by atoms with E-state index < -0.39 is 5.91 Å². The maximum Gasteiger partial charge on any atom is 0.269 e. The number of hydrogen-bond donors (Lipinski definition) is 1. The van der Waals surface area contributed by atoms with Gasteiger partial charge in [-0.3, -0.25) is 9.78 Å². The number of rotatable bonds is 2. The van der Waals surface area contributed by atoms with Gasteiger partial charge in [-0.2, -0.15) is 0 Å². The topological polar surface area (TPSA) is 68.9 Å². The van der Waals surface area contributed by atoms with Crippen molar-refractivity contribution >= 4 is 5.91 Å². The van der Waals surface area contributed by atoms with E-state index in [0.717, 1.165) is 23.4 Å². The van der Waals surface area contributed by atoms with Crippen molar-refractivity contribution in [3.63, 3.8) is 0 Å². The molecule has 1 amide bonds. The molecular weight excluding hydrogens is 310 g/mol. The fraction of sp³-hybridized carbons (Fsp3) is 0.476. The van der Waals surface area contributed by atoms with Gasteiger partial charge in [0, 0.05) is 5.56 Å². The Hall–Kier alpha value is -2.23. The zero-order valence-electron chi connectivity index (χ0n) is 15.1. The number of amides is 1. The Morgan fingerprint density at radius 2 is 1.80 bits per heavy atom. The molecule has 4 rings (SSSR count). The van der Waals surface area contributed by atoms with Gasteiger partial charge in [0.2, 0.25) is 0 Å². The molecule has 2 aliphatic carbocycles. The van der Waals surface area contributed by atoms with Crippen molar-refractivity contribution in [2.75, 3.05) is 0 Å². The van der Waals surface area contributed by atoms with Crippen LogP contribution >= 0.6 is 0 Å². The number of nitrogens with two attached hydrogens (primary N) is 1. The van der Waals surface area contributed by atoms with Gasteiger partial charge in [-0.25, -0.2) is 4.98 Å². The first-order chi connectivity index (χ1) is 12.0. The molecule has 0 bridgehead atoms. The Morgan fingerprint density at radius 3 is 2.52 bits per heavy atom. The average Bonchev–Trinajstić information content (AvgIpc) is 2.93. The minimum atomic E-state index is -0.520. The second kappa shape index (κ2) is 5.94. The summed E-state index contributed by atoms with van der Waals surface area (Å²) in [7, 11) is 0. The molecule has 1 aromatic carbocycles. The predicted molar refractivity (Wildman–Crippen MR) is 98.5 cm³/mol. The van der Waals surface area contributed by atoms with Crippen LogP contribution in [-0.2, 0) is 11.8 Å². The molecule has 0 radical (unpaired) electrons. The number of benzene rings is 1. The van der Waals surface area contributed by atoms with Gasteiger partial charge < -0.3 is 5.73 Å². The van der Waals surface area contributed by atoms with Crippen LogP contribution in [0.4, 0.5) is 0 Å². The van der Waals surface area contributed by atoms with Crippen LogP contribution < -0.4 is 5.73 Å². The van der Waals surface area contributed by atoms with Crippen molar-refractivity contribution in [3.05, 3.63) is 46.4 Å². The van der Waals surface area contributed by atoms with Crippen LogP contribution in [0.3, 0.4) is 0 Å². The third-order valence-corrected chi connectivity index (χ3v) is 6.11. The molecule has 2 aliphatic rings. The number of aryl methyl sites for hydroxylation is 3. The van der Waals surface area contributed by atoms with Crippen LogP contribution in [0.15, 0.2) is 18.2 Å². The third kappa shape index (κ3) is 2.64. The molecule has 0 atom stereocenters. The largest absolute Gasteiger partial charge is 0.364 e. The van der Waals surface area contributed by atoms with E-state index in [2.05, 4.69) is 28.2 Å². The highest BCUT2D eigenvalue weighted by atomic mass is 16.1. The standard InChI is InChI=1S/C21H25N3O/c1-13-18(24-19(20(22)25)14(2)23-13)16-6-7-17-15(12-16)8-11-21(17)9-4-3-5-10-21/h6-7,12H,3-5,8-11H2,1-2H3,(H2,22,25). The highest BCUT2D eigenvalue weighted by Gasteiger charge is 2.39. The lowest BCUT2D eigenvalue weighted by Crippen LogP contribution is -2.25. The Bertz CT molecular complexity index is 850. The zero-order chi connectivity index (χ0) is 17.6. The van der Waals surface area contributed by atoms with Gasteiger partial charge in [-0.15, -0.1) is 0 Å². The maximum atomic E-state index is 11.6. The Balaban J connectivity index is 1.77. The summed E-state index contributed by atoms with van der Waals surface area (Å²) in [6.07, 6.45) is 9.16. The molecule has 1 saturated carbocycles. The molecule has 130 valence electrons. The van der Waals surface area contributed by atoms with Gasteiger partial charge in [0.15, 0.2) is 0 Å². The average molecular weight is 335 g/mol. The van der Waals surface area contributed by atoms with Gasteiger partial charge in [0.05, 0.1) is 17.1 Å². The van der Waals surface area contributed by atoms with E-state index in [1.807, 2.05) is 6.92 Å². The van der Waals surface area contributed by atoms with E-state index >= 15 is 0 Å². The molecule has 4 heteroatoms. The molecule has 1 spiro atoms. The van der Waals surface area contributed by atoms with E-state index in [1.165, 1.54) is 44.1 Å². The van der Waals surface area contributed by atoms with Crippen LogP contribution in [-0.4, -0.2) is 15.9 Å². The number of nitrogens with zero attached hydrogens (tertiary/aromatic N) is 2. The summed E-state index contributed by atoms with van der Waals surface area (Å²) in [5.74, 6) is -0.520. The smallest absolute Gasteiger partial charge is 0.269 e. The van der Waals surface area contributed by atoms with E-state index in [4.69, 9.17) is 5.73 Å². The van der Waals surface area contributed by atoms with Crippen molar-refractivity contribution < 1.29 is 4.79 Å². The van der Waals surface area contributed by atoms with E-state index in [-0.39, 0.29) is 5.69 Å². The Labute approximate surface area is 148 Å². The van der Waals surface area contributed by atoms with E-state index in [0.29, 0.717) is 11.1 Å². The van der Waals surface area contributed by atoms with Crippen molar-refractivity contribution in [3.8, 4) is 11.3 Å². The number of carbonyl (C=O) groups is 1. The fourth-order valence-corrected chi connectivity index (χ4v) is 4.86. The molecule has 1 aromatic heterocycles. The number of primary amides is 1.